The number of nitriles is 1. The van der Waals surface area contributed by atoms with Gasteiger partial charge < -0.3 is 4.74 Å². The summed E-state index contributed by atoms with van der Waals surface area (Å²) >= 11 is 2.46. The molecule has 0 N–H and O–H groups in total. The van der Waals surface area contributed by atoms with Crippen molar-refractivity contribution in [2.24, 2.45) is 0 Å². The van der Waals surface area contributed by atoms with Crippen LogP contribution in [0.2, 0.25) is 0 Å². The van der Waals surface area contributed by atoms with Gasteiger partial charge in [-0.15, -0.1) is 13.2 Å². The summed E-state index contributed by atoms with van der Waals surface area (Å²) in [5, 5.41) is 9.19. The molecule has 0 aromatic heterocycles. The number of alkyl halides is 12. The Morgan fingerprint density at radius 3 is 1.85 bits per heavy atom. The summed E-state index contributed by atoms with van der Waals surface area (Å²) in [7, 11) is 0. The van der Waals surface area contributed by atoms with Gasteiger partial charge in [0.25, 0.3) is 5.67 Å². The van der Waals surface area contributed by atoms with Crippen molar-refractivity contribution >= 4 is 15.9 Å². The van der Waals surface area contributed by atoms with Gasteiger partial charge in [0, 0.05) is 6.42 Å². The second kappa shape index (κ2) is 8.14. The summed E-state index contributed by atoms with van der Waals surface area (Å²) in [6, 6.07) is 4.02. The number of ether oxygens (including phenoxy) is 1. The van der Waals surface area contributed by atoms with Gasteiger partial charge in [0.1, 0.15) is 5.76 Å². The summed E-state index contributed by atoms with van der Waals surface area (Å²) < 4.78 is 166. The molecule has 1 aromatic carbocycles. The van der Waals surface area contributed by atoms with Crippen LogP contribution in [-0.2, 0) is 10.2 Å². The molecule has 2 unspecified atom stereocenters. The molecule has 0 fully saturated rings. The summed E-state index contributed by atoms with van der Waals surface area (Å²) in [6.45, 7) is 0. The third kappa shape index (κ3) is 4.41. The van der Waals surface area contributed by atoms with Gasteiger partial charge in [0.05, 0.1) is 17.0 Å². The predicted octanol–water partition coefficient (Wildman–Crippen LogP) is 7.37. The lowest BCUT2D eigenvalue weighted by atomic mass is 9.62. The van der Waals surface area contributed by atoms with Crippen LogP contribution < -0.4 is 0 Å². The highest BCUT2D eigenvalue weighted by atomic mass is 79.9. The van der Waals surface area contributed by atoms with E-state index in [1.54, 1.807) is 0 Å². The molecule has 0 spiro atoms. The Balaban J connectivity index is 3.14. The quantitative estimate of drug-likeness (QED) is 0.360. The van der Waals surface area contributed by atoms with Gasteiger partial charge in [-0.25, -0.2) is 4.39 Å². The third-order valence-electron chi connectivity index (χ3n) is 4.61. The summed E-state index contributed by atoms with van der Waals surface area (Å²) in [4.78, 5) is 0. The molecule has 2 rings (SSSR count). The normalized spacial score (nSPS) is 22.1. The number of nitrogens with zero attached hydrogens (tertiary/aromatic N) is 1. The molecule has 1 aliphatic rings. The van der Waals surface area contributed by atoms with Crippen molar-refractivity contribution in [1.82, 2.24) is 0 Å². The van der Waals surface area contributed by atoms with Crippen molar-refractivity contribution in [3.63, 3.8) is 0 Å². The molecule has 1 aromatic rings. The predicted molar refractivity (Wildman–Crippen MR) is 90.6 cm³/mol. The zero-order valence-corrected chi connectivity index (χ0v) is 17.0. The van der Waals surface area contributed by atoms with Gasteiger partial charge in [0.2, 0.25) is 0 Å². The van der Waals surface area contributed by atoms with E-state index in [0.717, 1.165) is 12.1 Å². The lowest BCUT2D eigenvalue weighted by Crippen LogP contribution is -2.71. The number of hydrogen-bond acceptors (Lipinski definition) is 2. The van der Waals surface area contributed by atoms with Gasteiger partial charge >= 0.3 is 24.6 Å². The fourth-order valence-corrected chi connectivity index (χ4v) is 4.01. The van der Waals surface area contributed by atoms with Gasteiger partial charge in [-0.05, 0) is 22.2 Å². The first-order valence-electron chi connectivity index (χ1n) is 8.28. The van der Waals surface area contributed by atoms with Crippen LogP contribution in [0.4, 0.5) is 52.7 Å². The highest BCUT2D eigenvalue weighted by Gasteiger charge is 2.87. The Morgan fingerprint density at radius 2 is 1.39 bits per heavy atom. The van der Waals surface area contributed by atoms with Crippen molar-refractivity contribution in [2.45, 2.75) is 42.1 Å². The van der Waals surface area contributed by atoms with E-state index in [9.17, 15) is 53.6 Å². The maximum atomic E-state index is 15.7. The lowest BCUT2D eigenvalue weighted by Gasteiger charge is -2.48. The summed E-state index contributed by atoms with van der Waals surface area (Å²) in [5.41, 5.74) is -13.4. The summed E-state index contributed by atoms with van der Waals surface area (Å²) in [6.07, 6.45) is -21.4. The second-order valence-electron chi connectivity index (χ2n) is 6.68. The maximum Gasteiger partial charge on any atom is 0.572 e. The number of benzene rings is 1. The Kier molecular flexibility index (Phi) is 6.63. The molecule has 0 saturated heterocycles. The van der Waals surface area contributed by atoms with E-state index in [0.29, 0.717) is 12.1 Å². The smallest absolute Gasteiger partial charge is 0.410 e. The van der Waals surface area contributed by atoms with E-state index >= 15 is 4.39 Å². The van der Waals surface area contributed by atoms with Gasteiger partial charge in [0.15, 0.2) is 0 Å². The third-order valence-corrected chi connectivity index (χ3v) is 5.11. The average molecular weight is 562 g/mol. The standard InChI is InChI=1S/C18H8BrF12NO/c19-10-5-11(33-18(29,30)31)7-13(6-10,12-4-2-1-3-9(12)8-32)14(20,16(23,24)25)15(21,22)17(26,27)28/h1-4,6-7H,5H2. The van der Waals surface area contributed by atoms with E-state index < -0.39 is 69.6 Å². The first-order chi connectivity index (χ1) is 14.7. The number of halogens is 13. The van der Waals surface area contributed by atoms with Gasteiger partial charge in [-0.1, -0.05) is 40.2 Å². The first-order valence-corrected chi connectivity index (χ1v) is 9.07. The zero-order valence-electron chi connectivity index (χ0n) is 15.4. The highest BCUT2D eigenvalue weighted by Crippen LogP contribution is 2.63. The molecular formula is C18H8BrF12NO. The van der Waals surface area contributed by atoms with Crippen LogP contribution in [0, 0.1) is 11.3 Å². The Labute approximate surface area is 185 Å². The van der Waals surface area contributed by atoms with E-state index in [2.05, 4.69) is 20.7 Å². The number of rotatable bonds is 4. The molecule has 0 aliphatic heterocycles. The van der Waals surface area contributed by atoms with Crippen molar-refractivity contribution in [3.05, 3.63) is 57.8 Å². The van der Waals surface area contributed by atoms with Crippen LogP contribution in [0.25, 0.3) is 0 Å². The SMILES string of the molecule is N#Cc1ccccc1C1(C(F)(C(F)(F)F)C(F)(F)C(F)(F)F)C=C(Br)CC(OC(F)(F)F)=C1. The zero-order chi connectivity index (χ0) is 25.7. The Bertz CT molecular complexity index is 1020. The average Bonchev–Trinajstić information content (AvgIpc) is 2.63. The maximum absolute atomic E-state index is 15.7. The highest BCUT2D eigenvalue weighted by molar-refractivity contribution is 9.11. The molecule has 2 atom stereocenters. The number of allylic oxidation sites excluding steroid dienone is 3. The molecular weight excluding hydrogens is 554 g/mol. The summed E-state index contributed by atoms with van der Waals surface area (Å²) in [5.74, 6) is -8.82. The molecule has 1 aliphatic carbocycles. The van der Waals surface area contributed by atoms with Gasteiger partial charge in [-0.2, -0.15) is 40.4 Å². The Hall–Kier alpha value is -2.37. The molecule has 15 heteroatoms. The van der Waals surface area contributed by atoms with Gasteiger partial charge in [-0.3, -0.25) is 0 Å². The molecule has 0 amide bonds. The molecule has 182 valence electrons. The second-order valence-corrected chi connectivity index (χ2v) is 7.70. The minimum atomic E-state index is -7.21. The molecule has 0 saturated carbocycles. The first kappa shape index (κ1) is 26.9. The van der Waals surface area contributed by atoms with E-state index in [1.165, 1.54) is 6.07 Å². The molecule has 0 heterocycles. The molecule has 0 bridgehead atoms. The van der Waals surface area contributed by atoms with Crippen molar-refractivity contribution < 1.29 is 57.4 Å². The minimum absolute atomic E-state index is 0.0838. The fourth-order valence-electron chi connectivity index (χ4n) is 3.37. The van der Waals surface area contributed by atoms with E-state index in [1.807, 2.05) is 0 Å². The van der Waals surface area contributed by atoms with Crippen LogP contribution in [0.5, 0.6) is 0 Å². The van der Waals surface area contributed by atoms with Crippen LogP contribution in [0.15, 0.2) is 46.7 Å². The van der Waals surface area contributed by atoms with E-state index in [4.69, 9.17) is 0 Å². The topological polar surface area (TPSA) is 33.0 Å². The van der Waals surface area contributed by atoms with Crippen molar-refractivity contribution in [2.75, 3.05) is 0 Å². The lowest BCUT2D eigenvalue weighted by molar-refractivity contribution is -0.392. The van der Waals surface area contributed by atoms with Crippen LogP contribution in [0.3, 0.4) is 0 Å². The monoisotopic (exact) mass is 561 g/mol. The number of hydrogen-bond donors (Lipinski definition) is 0. The van der Waals surface area contributed by atoms with Crippen LogP contribution in [-0.4, -0.2) is 30.3 Å². The van der Waals surface area contributed by atoms with Crippen molar-refractivity contribution in [1.29, 1.82) is 5.26 Å². The minimum Gasteiger partial charge on any atom is -0.410 e. The Morgan fingerprint density at radius 1 is 0.848 bits per heavy atom. The molecule has 0 radical (unpaired) electrons. The molecule has 2 nitrogen and oxygen atoms in total. The fraction of sp³-hybridized carbons (Fsp3) is 0.389. The van der Waals surface area contributed by atoms with E-state index in [-0.39, 0.29) is 6.08 Å². The largest absolute Gasteiger partial charge is 0.572 e. The van der Waals surface area contributed by atoms with Crippen molar-refractivity contribution in [3.8, 4) is 6.07 Å². The van der Waals surface area contributed by atoms with Crippen LogP contribution >= 0.6 is 15.9 Å². The van der Waals surface area contributed by atoms with Crippen LogP contribution in [0.1, 0.15) is 17.5 Å². The molecule has 33 heavy (non-hydrogen) atoms.